The number of likely N-dealkylation sites (N-methyl/N-ethyl adjacent to an activating group) is 1. The van der Waals surface area contributed by atoms with Crippen molar-refractivity contribution in [3.63, 3.8) is 0 Å². The summed E-state index contributed by atoms with van der Waals surface area (Å²) >= 11 is 0. The van der Waals surface area contributed by atoms with Crippen LogP contribution >= 0.6 is 0 Å². The van der Waals surface area contributed by atoms with Crippen molar-refractivity contribution >= 4 is 5.82 Å². The number of nitrogens with zero attached hydrogens (tertiary/aromatic N) is 3. The zero-order valence-corrected chi connectivity index (χ0v) is 8.60. The predicted octanol–water partition coefficient (Wildman–Crippen LogP) is 0.0179. The van der Waals surface area contributed by atoms with Gasteiger partial charge in [-0.25, -0.2) is 0 Å². The summed E-state index contributed by atoms with van der Waals surface area (Å²) in [5.74, 6) is 0.826. The molecule has 0 aliphatic rings. The molecule has 0 aliphatic carbocycles. The van der Waals surface area contributed by atoms with Crippen LogP contribution in [0.25, 0.3) is 0 Å². The number of ether oxygens (including phenoxy) is 1. The molecule has 5 heteroatoms. The van der Waals surface area contributed by atoms with E-state index in [9.17, 15) is 0 Å². The lowest BCUT2D eigenvalue weighted by Gasteiger charge is -2.19. The summed E-state index contributed by atoms with van der Waals surface area (Å²) in [6.45, 7) is 1.92. The van der Waals surface area contributed by atoms with Crippen LogP contribution in [0.4, 0.5) is 5.82 Å². The zero-order valence-electron chi connectivity index (χ0n) is 8.60. The molecule has 0 fully saturated rings. The Bertz CT molecular complexity index is 279. The number of hydrogen-bond acceptors (Lipinski definition) is 5. The standard InChI is InChI=1S/C9H16N4O/c1-13(5-6-14-2)9-8(7-10)3-4-11-12-9/h3-4H,5-7,10H2,1-2H3. The summed E-state index contributed by atoms with van der Waals surface area (Å²) < 4.78 is 4.99. The van der Waals surface area contributed by atoms with Gasteiger partial charge in [-0.05, 0) is 6.07 Å². The molecule has 78 valence electrons. The summed E-state index contributed by atoms with van der Waals surface area (Å²) in [6.07, 6.45) is 1.65. The normalized spacial score (nSPS) is 10.2. The zero-order chi connectivity index (χ0) is 10.4. The Labute approximate surface area is 83.9 Å². The van der Waals surface area contributed by atoms with E-state index >= 15 is 0 Å². The fourth-order valence-electron chi connectivity index (χ4n) is 1.17. The highest BCUT2D eigenvalue weighted by atomic mass is 16.5. The summed E-state index contributed by atoms with van der Waals surface area (Å²) in [7, 11) is 3.62. The average molecular weight is 196 g/mol. The molecule has 14 heavy (non-hydrogen) atoms. The Morgan fingerprint density at radius 3 is 3.00 bits per heavy atom. The number of methoxy groups -OCH3 is 1. The molecule has 5 nitrogen and oxygen atoms in total. The van der Waals surface area contributed by atoms with Gasteiger partial charge in [0.2, 0.25) is 0 Å². The van der Waals surface area contributed by atoms with Gasteiger partial charge in [-0.2, -0.15) is 5.10 Å². The maximum absolute atomic E-state index is 5.59. The Balaban J connectivity index is 2.72. The summed E-state index contributed by atoms with van der Waals surface area (Å²) in [5, 5.41) is 7.88. The maximum atomic E-state index is 5.59. The monoisotopic (exact) mass is 196 g/mol. The molecular weight excluding hydrogens is 180 g/mol. The molecule has 1 rings (SSSR count). The highest BCUT2D eigenvalue weighted by molar-refractivity contribution is 5.44. The molecule has 0 spiro atoms. The van der Waals surface area contributed by atoms with Crippen LogP contribution in [0.5, 0.6) is 0 Å². The third-order valence-corrected chi connectivity index (χ3v) is 1.99. The van der Waals surface area contributed by atoms with Crippen molar-refractivity contribution in [3.8, 4) is 0 Å². The van der Waals surface area contributed by atoms with Crippen LogP contribution in [0.1, 0.15) is 5.56 Å². The molecule has 0 atom stereocenters. The molecule has 0 bridgehead atoms. The lowest BCUT2D eigenvalue weighted by molar-refractivity contribution is 0.206. The molecule has 0 aromatic carbocycles. The number of hydrogen-bond donors (Lipinski definition) is 1. The number of aromatic nitrogens is 2. The summed E-state index contributed by atoms with van der Waals surface area (Å²) in [6, 6.07) is 1.88. The smallest absolute Gasteiger partial charge is 0.155 e. The second-order valence-corrected chi connectivity index (χ2v) is 3.00. The van der Waals surface area contributed by atoms with Crippen molar-refractivity contribution in [1.29, 1.82) is 0 Å². The van der Waals surface area contributed by atoms with Gasteiger partial charge in [0.25, 0.3) is 0 Å². The minimum absolute atomic E-state index is 0.474. The number of nitrogens with two attached hydrogens (primary N) is 1. The van der Waals surface area contributed by atoms with Crippen molar-refractivity contribution in [2.75, 3.05) is 32.2 Å². The largest absolute Gasteiger partial charge is 0.383 e. The summed E-state index contributed by atoms with van der Waals surface area (Å²) in [4.78, 5) is 1.98. The third-order valence-electron chi connectivity index (χ3n) is 1.99. The first-order chi connectivity index (χ1) is 6.79. The van der Waals surface area contributed by atoms with E-state index in [2.05, 4.69) is 10.2 Å². The van der Waals surface area contributed by atoms with Crippen molar-refractivity contribution in [2.24, 2.45) is 5.73 Å². The van der Waals surface area contributed by atoms with E-state index in [1.54, 1.807) is 13.3 Å². The number of anilines is 1. The SMILES string of the molecule is COCCN(C)c1nnccc1CN. The minimum Gasteiger partial charge on any atom is -0.383 e. The highest BCUT2D eigenvalue weighted by Gasteiger charge is 2.07. The van der Waals surface area contributed by atoms with Gasteiger partial charge in [-0.15, -0.1) is 5.10 Å². The van der Waals surface area contributed by atoms with Crippen LogP contribution in [0.3, 0.4) is 0 Å². The predicted molar refractivity (Wildman–Crippen MR) is 55.1 cm³/mol. The molecule has 0 aliphatic heterocycles. The molecule has 0 saturated carbocycles. The van der Waals surface area contributed by atoms with E-state index in [-0.39, 0.29) is 0 Å². The molecule has 0 radical (unpaired) electrons. The second-order valence-electron chi connectivity index (χ2n) is 3.00. The molecule has 1 aromatic heterocycles. The lowest BCUT2D eigenvalue weighted by atomic mass is 10.2. The molecule has 1 heterocycles. The first kappa shape index (κ1) is 10.9. The quantitative estimate of drug-likeness (QED) is 0.719. The van der Waals surface area contributed by atoms with Crippen molar-refractivity contribution < 1.29 is 4.74 Å². The minimum atomic E-state index is 0.474. The lowest BCUT2D eigenvalue weighted by Crippen LogP contribution is -2.25. The first-order valence-corrected chi connectivity index (χ1v) is 4.50. The van der Waals surface area contributed by atoms with E-state index in [1.165, 1.54) is 0 Å². The van der Waals surface area contributed by atoms with Crippen LogP contribution in [-0.4, -0.2) is 37.5 Å². The van der Waals surface area contributed by atoms with E-state index in [0.717, 1.165) is 17.9 Å². The van der Waals surface area contributed by atoms with Crippen molar-refractivity contribution in [3.05, 3.63) is 17.8 Å². The van der Waals surface area contributed by atoms with Crippen LogP contribution in [0, 0.1) is 0 Å². The van der Waals surface area contributed by atoms with E-state index in [4.69, 9.17) is 10.5 Å². The van der Waals surface area contributed by atoms with E-state index in [0.29, 0.717) is 13.2 Å². The van der Waals surface area contributed by atoms with Gasteiger partial charge in [-0.1, -0.05) is 0 Å². The van der Waals surface area contributed by atoms with Crippen LogP contribution < -0.4 is 10.6 Å². The molecule has 0 amide bonds. The van der Waals surface area contributed by atoms with Gasteiger partial charge in [0.05, 0.1) is 12.8 Å². The Morgan fingerprint density at radius 1 is 1.57 bits per heavy atom. The molecule has 0 saturated heterocycles. The summed E-state index contributed by atoms with van der Waals surface area (Å²) in [5.41, 5.74) is 6.59. The Hall–Kier alpha value is -1.20. The van der Waals surface area contributed by atoms with Crippen molar-refractivity contribution in [2.45, 2.75) is 6.54 Å². The van der Waals surface area contributed by atoms with E-state index < -0.39 is 0 Å². The molecule has 1 aromatic rings. The average Bonchev–Trinajstić information content (AvgIpc) is 2.25. The van der Waals surface area contributed by atoms with Gasteiger partial charge in [0.15, 0.2) is 5.82 Å². The maximum Gasteiger partial charge on any atom is 0.155 e. The Kier molecular flexibility index (Phi) is 4.28. The molecule has 2 N–H and O–H groups in total. The van der Waals surface area contributed by atoms with Crippen LogP contribution in [0.15, 0.2) is 12.3 Å². The van der Waals surface area contributed by atoms with Gasteiger partial charge in [-0.3, -0.25) is 0 Å². The fraction of sp³-hybridized carbons (Fsp3) is 0.556. The van der Waals surface area contributed by atoms with Crippen molar-refractivity contribution in [1.82, 2.24) is 10.2 Å². The number of rotatable bonds is 5. The first-order valence-electron chi connectivity index (χ1n) is 4.50. The highest BCUT2D eigenvalue weighted by Crippen LogP contribution is 2.12. The van der Waals surface area contributed by atoms with Crippen LogP contribution in [0.2, 0.25) is 0 Å². The van der Waals surface area contributed by atoms with Gasteiger partial charge in [0.1, 0.15) is 0 Å². The van der Waals surface area contributed by atoms with Gasteiger partial charge < -0.3 is 15.4 Å². The second kappa shape index (κ2) is 5.51. The van der Waals surface area contributed by atoms with Crippen LogP contribution in [-0.2, 0) is 11.3 Å². The fourth-order valence-corrected chi connectivity index (χ4v) is 1.17. The third kappa shape index (κ3) is 2.65. The Morgan fingerprint density at radius 2 is 2.36 bits per heavy atom. The van der Waals surface area contributed by atoms with Gasteiger partial charge in [0, 0.05) is 32.8 Å². The topological polar surface area (TPSA) is 64.3 Å². The van der Waals surface area contributed by atoms with E-state index in [1.807, 2.05) is 18.0 Å². The molecular formula is C9H16N4O. The van der Waals surface area contributed by atoms with Gasteiger partial charge >= 0.3 is 0 Å². The molecule has 0 unspecified atom stereocenters.